The normalized spacial score (nSPS) is 19.8. The minimum absolute atomic E-state index is 0.0494. The maximum atomic E-state index is 12.5. The van der Waals surface area contributed by atoms with Crippen LogP contribution in [-0.4, -0.2) is 76.4 Å². The number of oxime groups is 1. The van der Waals surface area contributed by atoms with Crippen molar-refractivity contribution in [2.45, 2.75) is 11.4 Å². The van der Waals surface area contributed by atoms with E-state index in [0.29, 0.717) is 0 Å². The number of hydrogen-bond donors (Lipinski definition) is 3. The average molecular weight is 472 g/mol. The molecule has 3 N–H and O–H groups in total. The second-order valence-electron chi connectivity index (χ2n) is 5.03. The lowest BCUT2D eigenvalue weighted by atomic mass is 10.1. The summed E-state index contributed by atoms with van der Waals surface area (Å²) in [6.45, 7) is 0. The number of thioether (sulfide) groups is 1. The van der Waals surface area contributed by atoms with Crippen molar-refractivity contribution in [2.24, 2.45) is 5.16 Å². The third-order valence-electron chi connectivity index (χ3n) is 3.29. The molecule has 0 aromatic carbocycles. The van der Waals surface area contributed by atoms with Gasteiger partial charge >= 0.3 is 10.3 Å². The lowest BCUT2D eigenvalue weighted by molar-refractivity contribution is -0.140. The van der Waals surface area contributed by atoms with Crippen molar-refractivity contribution in [2.75, 3.05) is 24.6 Å². The van der Waals surface area contributed by atoms with Gasteiger partial charge in [0.1, 0.15) is 30.1 Å². The van der Waals surface area contributed by atoms with Crippen molar-refractivity contribution in [3.8, 4) is 0 Å². The van der Waals surface area contributed by atoms with E-state index in [2.05, 4.69) is 25.6 Å². The molecule has 0 bridgehead atoms. The number of aromatic nitrogens is 1. The zero-order chi connectivity index (χ0) is 21.1. The molecule has 16 heteroatoms. The van der Waals surface area contributed by atoms with Gasteiger partial charge in [-0.1, -0.05) is 5.16 Å². The van der Waals surface area contributed by atoms with Crippen molar-refractivity contribution in [3.63, 3.8) is 0 Å². The Morgan fingerprint density at radius 3 is 2.75 bits per heavy atom. The fraction of sp³-hybridized carbons (Fsp3) is 0.417. The smallest absolute Gasteiger partial charge is 0.363 e. The number of nitrogens with one attached hydrogen (secondary N) is 2. The molecule has 1 aromatic heterocycles. The van der Waals surface area contributed by atoms with Gasteiger partial charge in [-0.3, -0.25) is 18.9 Å². The lowest BCUT2D eigenvalue weighted by Crippen LogP contribution is -2.71. The van der Waals surface area contributed by atoms with Crippen LogP contribution >= 0.6 is 34.7 Å². The molecule has 2 heterocycles. The van der Waals surface area contributed by atoms with E-state index in [4.69, 9.17) is 16.2 Å². The minimum atomic E-state index is -4.74. The summed E-state index contributed by atoms with van der Waals surface area (Å²) in [6, 6.07) is -1.21. The van der Waals surface area contributed by atoms with E-state index in [1.165, 1.54) is 18.7 Å². The van der Waals surface area contributed by atoms with Gasteiger partial charge in [0.25, 0.3) is 11.8 Å². The molecule has 0 unspecified atom stereocenters. The summed E-state index contributed by atoms with van der Waals surface area (Å²) in [5, 5.41) is 8.87. The third kappa shape index (κ3) is 4.72. The lowest BCUT2D eigenvalue weighted by Gasteiger charge is -2.42. The van der Waals surface area contributed by atoms with Crippen LogP contribution in [0.4, 0.5) is 5.13 Å². The molecular formula is C12H14ClN5O7S3. The molecule has 12 nitrogen and oxygen atoms in total. The molecule has 28 heavy (non-hydrogen) atoms. The molecule has 2 rings (SSSR count). The van der Waals surface area contributed by atoms with Gasteiger partial charge in [0.05, 0.1) is 0 Å². The van der Waals surface area contributed by atoms with Crippen LogP contribution in [0.2, 0.25) is 0 Å². The van der Waals surface area contributed by atoms with Gasteiger partial charge in [0, 0.05) is 5.38 Å². The monoisotopic (exact) mass is 471 g/mol. The van der Waals surface area contributed by atoms with Crippen LogP contribution in [0.15, 0.2) is 10.5 Å². The van der Waals surface area contributed by atoms with E-state index >= 15 is 0 Å². The van der Waals surface area contributed by atoms with Gasteiger partial charge < -0.3 is 15.5 Å². The van der Waals surface area contributed by atoms with Gasteiger partial charge in [-0.05, 0) is 6.26 Å². The summed E-state index contributed by atoms with van der Waals surface area (Å²) in [4.78, 5) is 44.5. The van der Waals surface area contributed by atoms with Gasteiger partial charge in [-0.25, -0.2) is 4.98 Å². The maximum absolute atomic E-state index is 12.5. The number of rotatable bonds is 8. The summed E-state index contributed by atoms with van der Waals surface area (Å²) < 4.78 is 31.8. The Balaban J connectivity index is 2.17. The molecule has 154 valence electrons. The van der Waals surface area contributed by atoms with Crippen molar-refractivity contribution < 1.29 is 32.2 Å². The Kier molecular flexibility index (Phi) is 7.22. The first-order valence-corrected chi connectivity index (χ1v) is 11.3. The predicted octanol–water partition coefficient (Wildman–Crippen LogP) is -0.510. The number of alkyl halides is 1. The van der Waals surface area contributed by atoms with Crippen LogP contribution in [0.3, 0.4) is 0 Å². The van der Waals surface area contributed by atoms with Crippen molar-refractivity contribution in [3.05, 3.63) is 11.1 Å². The molecule has 0 spiro atoms. The number of anilines is 1. The molecule has 2 atom stereocenters. The van der Waals surface area contributed by atoms with Gasteiger partial charge in [0.2, 0.25) is 5.91 Å². The van der Waals surface area contributed by atoms with E-state index in [9.17, 15) is 22.8 Å². The van der Waals surface area contributed by atoms with Crippen LogP contribution in [0.5, 0.6) is 0 Å². The first-order valence-electron chi connectivity index (χ1n) is 7.21. The van der Waals surface area contributed by atoms with Crippen LogP contribution < -0.4 is 10.6 Å². The number of amides is 3. The van der Waals surface area contributed by atoms with E-state index in [1.54, 1.807) is 0 Å². The fourth-order valence-corrected chi connectivity index (χ4v) is 4.99. The predicted molar refractivity (Wildman–Crippen MR) is 103 cm³/mol. The molecule has 1 saturated heterocycles. The minimum Gasteiger partial charge on any atom is -0.398 e. The highest BCUT2D eigenvalue weighted by Crippen LogP contribution is 2.30. The third-order valence-corrected chi connectivity index (χ3v) is 6.29. The molecule has 0 aliphatic carbocycles. The van der Waals surface area contributed by atoms with Crippen molar-refractivity contribution in [1.29, 1.82) is 0 Å². The van der Waals surface area contributed by atoms with E-state index in [0.717, 1.165) is 23.1 Å². The largest absolute Gasteiger partial charge is 0.398 e. The highest BCUT2D eigenvalue weighted by molar-refractivity contribution is 8.00. The summed E-state index contributed by atoms with van der Waals surface area (Å²) in [6.07, 6.45) is 1.50. The van der Waals surface area contributed by atoms with Gasteiger partial charge in [-0.15, -0.1) is 34.7 Å². The number of carbonyl (C=O) groups excluding carboxylic acids is 3. The second-order valence-corrected chi connectivity index (χ2v) is 8.40. The average Bonchev–Trinajstić information content (AvgIpc) is 3.08. The molecule has 3 amide bonds. The summed E-state index contributed by atoms with van der Waals surface area (Å²) in [5.74, 6) is -2.64. The topological polar surface area (TPSA) is 167 Å². The molecule has 1 aromatic rings. The zero-order valence-electron chi connectivity index (χ0n) is 14.3. The highest BCUT2D eigenvalue weighted by atomic mass is 35.5. The van der Waals surface area contributed by atoms with Gasteiger partial charge in [0.15, 0.2) is 10.8 Å². The van der Waals surface area contributed by atoms with Crippen LogP contribution in [-0.2, 0) is 29.5 Å². The molecule has 0 saturated carbocycles. The fourth-order valence-electron chi connectivity index (χ4n) is 2.15. The van der Waals surface area contributed by atoms with Crippen LogP contribution in [0.25, 0.3) is 0 Å². The first-order chi connectivity index (χ1) is 13.1. The zero-order valence-corrected chi connectivity index (χ0v) is 17.5. The Hall–Kier alpha value is -1.94. The SMILES string of the molecule is CO/N=C(\C(=O)N[C@@H]1C(=O)N(S(=O)(=O)O)[C@H]1SC)c1csc(NC(=O)CCl)n1. The number of thiazole rings is 1. The Morgan fingerprint density at radius 2 is 2.21 bits per heavy atom. The summed E-state index contributed by atoms with van der Waals surface area (Å²) in [5.41, 5.74) is -0.253. The van der Waals surface area contributed by atoms with Crippen molar-refractivity contribution >= 4 is 73.6 Å². The van der Waals surface area contributed by atoms with E-state index < -0.39 is 39.4 Å². The summed E-state index contributed by atoms with van der Waals surface area (Å²) in [7, 11) is -3.55. The number of β-lactam (4-membered cyclic amide) rings is 1. The Bertz CT molecular complexity index is 918. The standard InChI is InChI=1S/C12H14ClN5O7S3/c1-25-17-7(5-4-27-12(14-5)15-6(19)3-13)9(20)16-8-10(21)18(11(8)26-2)28(22,23)24/h4,8,11H,3H2,1-2H3,(H,16,20)(H,14,15,19)(H,22,23,24)/b17-7-/t8-,11+/m1/s1. The molecule has 1 aliphatic heterocycles. The van der Waals surface area contributed by atoms with Crippen LogP contribution in [0.1, 0.15) is 5.69 Å². The molecule has 1 fully saturated rings. The molecule has 0 radical (unpaired) electrons. The Labute approximate surface area is 172 Å². The first kappa shape index (κ1) is 22.4. The van der Waals surface area contributed by atoms with Gasteiger partial charge in [-0.2, -0.15) is 12.7 Å². The summed E-state index contributed by atoms with van der Waals surface area (Å²) >= 11 is 7.34. The highest BCUT2D eigenvalue weighted by Gasteiger charge is 2.54. The Morgan fingerprint density at radius 1 is 1.54 bits per heavy atom. The van der Waals surface area contributed by atoms with E-state index in [-0.39, 0.29) is 26.7 Å². The molecular weight excluding hydrogens is 458 g/mol. The second kappa shape index (κ2) is 9.04. The quantitative estimate of drug-likeness (QED) is 0.149. The molecule has 1 aliphatic rings. The van der Waals surface area contributed by atoms with E-state index in [1.807, 2.05) is 0 Å². The number of hydrogen-bond acceptors (Lipinski definition) is 10. The van der Waals surface area contributed by atoms with Crippen molar-refractivity contribution in [1.82, 2.24) is 14.6 Å². The number of nitrogens with zero attached hydrogens (tertiary/aromatic N) is 3. The number of halogens is 1. The number of carbonyl (C=O) groups is 3. The maximum Gasteiger partial charge on any atom is 0.363 e. The van der Waals surface area contributed by atoms with Crippen LogP contribution in [0, 0.1) is 0 Å².